The second kappa shape index (κ2) is 13.7. The zero-order valence-electron chi connectivity index (χ0n) is 31.2. The number of para-hydroxylation sites is 2. The normalized spacial score (nSPS) is 14.1. The molecule has 2 heterocycles. The molecule has 4 nitrogen and oxygen atoms in total. The first-order valence-corrected chi connectivity index (χ1v) is 19.6. The minimum absolute atomic E-state index is 0.0821. The maximum Gasteiger partial charge on any atom is 0.227 e. The third kappa shape index (κ3) is 5.65. The van der Waals surface area contributed by atoms with Crippen molar-refractivity contribution in [3.63, 3.8) is 0 Å². The first kappa shape index (κ1) is 33.0. The maximum absolute atomic E-state index is 6.53. The highest BCUT2D eigenvalue weighted by Crippen LogP contribution is 2.41. The summed E-state index contributed by atoms with van der Waals surface area (Å²) in [5, 5.41) is 4.70. The van der Waals surface area contributed by atoms with Crippen LogP contribution in [0.25, 0.3) is 77.5 Å². The van der Waals surface area contributed by atoms with Crippen molar-refractivity contribution in [2.75, 3.05) is 4.90 Å². The van der Waals surface area contributed by atoms with Crippen molar-refractivity contribution in [1.29, 1.82) is 0 Å². The fourth-order valence-corrected chi connectivity index (χ4v) is 8.72. The highest BCUT2D eigenvalue weighted by Gasteiger charge is 2.27. The Morgan fingerprint density at radius 2 is 1.12 bits per heavy atom. The molecule has 0 spiro atoms. The van der Waals surface area contributed by atoms with Crippen molar-refractivity contribution in [3.8, 4) is 28.3 Å². The van der Waals surface area contributed by atoms with Gasteiger partial charge in [0.05, 0.1) is 17.1 Å². The van der Waals surface area contributed by atoms with Crippen LogP contribution in [-0.2, 0) is 0 Å². The Morgan fingerprint density at radius 1 is 0.544 bits per heavy atom. The van der Waals surface area contributed by atoms with Crippen molar-refractivity contribution in [3.05, 3.63) is 212 Å². The second-order valence-electron chi connectivity index (χ2n) is 14.7. The molecule has 270 valence electrons. The lowest BCUT2D eigenvalue weighted by molar-refractivity contribution is 0.623. The molecule has 8 aromatic carbocycles. The van der Waals surface area contributed by atoms with E-state index in [1.807, 2.05) is 30.3 Å². The lowest BCUT2D eigenvalue weighted by atomic mass is 9.90. The van der Waals surface area contributed by atoms with Crippen LogP contribution in [0.2, 0.25) is 0 Å². The molecule has 1 unspecified atom stereocenters. The molecule has 0 aliphatic heterocycles. The van der Waals surface area contributed by atoms with Gasteiger partial charge in [0, 0.05) is 44.3 Å². The summed E-state index contributed by atoms with van der Waals surface area (Å²) in [6.07, 6.45) is 7.63. The minimum Gasteiger partial charge on any atom is -0.435 e. The van der Waals surface area contributed by atoms with Gasteiger partial charge in [-0.05, 0) is 95.2 Å². The molecular formula is C53H37N3O. The zero-order chi connectivity index (χ0) is 37.7. The quantitative estimate of drug-likeness (QED) is 0.164. The molecule has 0 saturated heterocycles. The largest absolute Gasteiger partial charge is 0.435 e. The van der Waals surface area contributed by atoms with Crippen LogP contribution in [0.5, 0.6) is 0 Å². The molecule has 0 fully saturated rings. The van der Waals surface area contributed by atoms with Gasteiger partial charge in [0.1, 0.15) is 5.52 Å². The predicted molar refractivity (Wildman–Crippen MR) is 237 cm³/mol. The molecule has 0 radical (unpaired) electrons. The summed E-state index contributed by atoms with van der Waals surface area (Å²) >= 11 is 0. The highest BCUT2D eigenvalue weighted by atomic mass is 16.3. The summed E-state index contributed by atoms with van der Waals surface area (Å²) in [6, 6.07) is 67.1. The fraction of sp³-hybridized carbons (Fsp3) is 0.0377. The molecule has 0 bridgehead atoms. The van der Waals surface area contributed by atoms with Crippen molar-refractivity contribution >= 4 is 60.6 Å². The van der Waals surface area contributed by atoms with Crippen molar-refractivity contribution in [2.45, 2.75) is 12.5 Å². The van der Waals surface area contributed by atoms with E-state index in [0.717, 1.165) is 62.0 Å². The van der Waals surface area contributed by atoms with E-state index in [9.17, 15) is 0 Å². The van der Waals surface area contributed by atoms with Crippen LogP contribution in [0, 0.1) is 0 Å². The van der Waals surface area contributed by atoms with Gasteiger partial charge in [0.25, 0.3) is 0 Å². The van der Waals surface area contributed by atoms with E-state index in [4.69, 9.17) is 9.40 Å². The van der Waals surface area contributed by atoms with Crippen molar-refractivity contribution in [1.82, 2.24) is 9.55 Å². The molecule has 0 amide bonds. The molecule has 10 aromatic rings. The molecule has 1 atom stereocenters. The number of fused-ring (bicyclic) bond motifs is 6. The number of anilines is 2. The number of hydrogen-bond donors (Lipinski definition) is 0. The van der Waals surface area contributed by atoms with Gasteiger partial charge in [-0.1, -0.05) is 140 Å². The van der Waals surface area contributed by atoms with Crippen LogP contribution >= 0.6 is 0 Å². The monoisotopic (exact) mass is 731 g/mol. The Hall–Kier alpha value is -7.43. The smallest absolute Gasteiger partial charge is 0.227 e. The van der Waals surface area contributed by atoms with E-state index < -0.39 is 0 Å². The summed E-state index contributed by atoms with van der Waals surface area (Å²) in [5.41, 5.74) is 13.1. The molecule has 4 heteroatoms. The van der Waals surface area contributed by atoms with Gasteiger partial charge in [-0.15, -0.1) is 0 Å². The van der Waals surface area contributed by atoms with Gasteiger partial charge >= 0.3 is 0 Å². The number of oxazole rings is 1. The summed E-state index contributed by atoms with van der Waals surface area (Å²) in [6.45, 7) is 0. The van der Waals surface area contributed by atoms with Crippen LogP contribution in [0.1, 0.15) is 12.0 Å². The SMILES string of the molecule is C1=CCC(N(c2ccc(-c3cc4ccccc4c4oc(-c5ccccc5)nc34)cc2)c2ccc(-n3c4ccccc4c4ccccc43)cc2)C(c2ccccc2)=C1. The van der Waals surface area contributed by atoms with Crippen LogP contribution in [0.3, 0.4) is 0 Å². The van der Waals surface area contributed by atoms with E-state index in [-0.39, 0.29) is 6.04 Å². The highest BCUT2D eigenvalue weighted by molar-refractivity contribution is 6.11. The third-order valence-corrected chi connectivity index (χ3v) is 11.4. The van der Waals surface area contributed by atoms with Crippen molar-refractivity contribution in [2.24, 2.45) is 0 Å². The van der Waals surface area contributed by atoms with Gasteiger partial charge in [-0.25, -0.2) is 4.98 Å². The lowest BCUT2D eigenvalue weighted by Crippen LogP contribution is -2.33. The fourth-order valence-electron chi connectivity index (χ4n) is 8.72. The summed E-state index contributed by atoms with van der Waals surface area (Å²) in [5.74, 6) is 0.626. The average molecular weight is 732 g/mol. The molecule has 1 aliphatic rings. The van der Waals surface area contributed by atoms with Gasteiger partial charge in [-0.2, -0.15) is 0 Å². The number of benzene rings is 8. The van der Waals surface area contributed by atoms with Gasteiger partial charge < -0.3 is 13.9 Å². The van der Waals surface area contributed by atoms with E-state index in [1.165, 1.54) is 32.9 Å². The predicted octanol–water partition coefficient (Wildman–Crippen LogP) is 14.0. The number of allylic oxidation sites excluding steroid dienone is 2. The Morgan fingerprint density at radius 3 is 1.81 bits per heavy atom. The van der Waals surface area contributed by atoms with E-state index in [1.54, 1.807) is 0 Å². The Balaban J connectivity index is 1.04. The van der Waals surface area contributed by atoms with Crippen LogP contribution < -0.4 is 4.90 Å². The van der Waals surface area contributed by atoms with Gasteiger partial charge in [-0.3, -0.25) is 0 Å². The molecule has 11 rings (SSSR count). The summed E-state index contributed by atoms with van der Waals surface area (Å²) < 4.78 is 8.91. The Labute approximate surface area is 330 Å². The number of aromatic nitrogens is 2. The Bertz CT molecular complexity index is 3080. The lowest BCUT2D eigenvalue weighted by Gasteiger charge is -2.36. The van der Waals surface area contributed by atoms with Gasteiger partial charge in [0.15, 0.2) is 5.58 Å². The minimum atomic E-state index is 0.0821. The molecule has 2 aromatic heterocycles. The molecule has 1 aliphatic carbocycles. The third-order valence-electron chi connectivity index (χ3n) is 11.4. The first-order chi connectivity index (χ1) is 28.3. The molecular weight excluding hydrogens is 695 g/mol. The second-order valence-corrected chi connectivity index (χ2v) is 14.7. The van der Waals surface area contributed by atoms with E-state index in [0.29, 0.717) is 5.89 Å². The number of hydrogen-bond acceptors (Lipinski definition) is 3. The van der Waals surface area contributed by atoms with Crippen LogP contribution in [-0.4, -0.2) is 15.6 Å². The number of nitrogens with zero attached hydrogens (tertiary/aromatic N) is 3. The first-order valence-electron chi connectivity index (χ1n) is 19.6. The zero-order valence-corrected chi connectivity index (χ0v) is 31.2. The molecule has 57 heavy (non-hydrogen) atoms. The van der Waals surface area contributed by atoms with Gasteiger partial charge in [0.2, 0.25) is 5.89 Å². The average Bonchev–Trinajstić information content (AvgIpc) is 3.89. The Kier molecular flexibility index (Phi) is 7.92. The van der Waals surface area contributed by atoms with Crippen LogP contribution in [0.4, 0.5) is 11.4 Å². The van der Waals surface area contributed by atoms with E-state index in [2.05, 4.69) is 185 Å². The maximum atomic E-state index is 6.53. The molecule has 0 saturated carbocycles. The molecule has 0 N–H and O–H groups in total. The topological polar surface area (TPSA) is 34.2 Å². The summed E-state index contributed by atoms with van der Waals surface area (Å²) in [7, 11) is 0. The summed E-state index contributed by atoms with van der Waals surface area (Å²) in [4.78, 5) is 7.61. The van der Waals surface area contributed by atoms with Crippen molar-refractivity contribution < 1.29 is 4.42 Å². The number of rotatable bonds is 7. The standard InChI is InChI=1S/C53H37N3O/c1-3-15-36(16-4-1)43-20-9-12-24-48(43)55(41-31-33-42(34-32-41)56-49-25-13-10-22-45(49)46-23-11-14-26-50(46)56)40-29-27-37(28-30-40)47-35-39-19-7-8-21-44(39)52-51(47)54-53(57-52)38-17-5-2-6-18-38/h1-23,25-35,48H,24H2. The van der Waals surface area contributed by atoms with E-state index >= 15 is 0 Å². The van der Waals surface area contributed by atoms with Crippen LogP contribution in [0.15, 0.2) is 211 Å².